The van der Waals surface area contributed by atoms with Crippen molar-refractivity contribution in [1.29, 1.82) is 0 Å². The maximum absolute atomic E-state index is 11.4. The summed E-state index contributed by atoms with van der Waals surface area (Å²) in [6, 6.07) is 15.4. The van der Waals surface area contributed by atoms with Crippen molar-refractivity contribution in [3.63, 3.8) is 0 Å². The topological polar surface area (TPSA) is 17.1 Å². The molecule has 0 aliphatic carbocycles. The normalized spacial score (nSPS) is 12.2. The fourth-order valence-corrected chi connectivity index (χ4v) is 4.27. The van der Waals surface area contributed by atoms with E-state index < -0.39 is 0 Å². The molecule has 0 bridgehead atoms. The first-order valence-electron chi connectivity index (χ1n) is 11.8. The van der Waals surface area contributed by atoms with Gasteiger partial charge in [-0.15, -0.1) is 6.58 Å². The molecule has 1 heteroatoms. The Bertz CT molecular complexity index is 725. The number of carbonyl (C=O) groups excluding carboxylic acids is 1. The van der Waals surface area contributed by atoms with Gasteiger partial charge in [-0.05, 0) is 42.5 Å². The highest BCUT2D eigenvalue weighted by atomic mass is 16.1. The maximum atomic E-state index is 11.4. The number of Topliss-reactive ketones (excluding diaryl/α,β-unsaturated/α-hetero) is 1. The first-order valence-corrected chi connectivity index (χ1v) is 11.8. The van der Waals surface area contributed by atoms with Crippen molar-refractivity contribution in [2.75, 3.05) is 0 Å². The lowest BCUT2D eigenvalue weighted by molar-refractivity contribution is -0.119. The molecule has 0 N–H and O–H groups in total. The molecule has 0 heterocycles. The van der Waals surface area contributed by atoms with E-state index in [0.717, 1.165) is 12.8 Å². The Labute approximate surface area is 178 Å². The Morgan fingerprint density at radius 2 is 1.34 bits per heavy atom. The molecule has 1 atom stereocenters. The van der Waals surface area contributed by atoms with Crippen LogP contribution in [0.5, 0.6) is 0 Å². The molecular weight excluding hydrogens is 352 g/mol. The Hall–Kier alpha value is -1.89. The van der Waals surface area contributed by atoms with E-state index in [1.54, 1.807) is 6.92 Å². The van der Waals surface area contributed by atoms with E-state index in [2.05, 4.69) is 49.0 Å². The van der Waals surface area contributed by atoms with Crippen molar-refractivity contribution in [2.45, 2.75) is 90.4 Å². The predicted molar refractivity (Wildman–Crippen MR) is 127 cm³/mol. The molecular formula is C28H40O. The van der Waals surface area contributed by atoms with Crippen LogP contribution in [0, 0.1) is 5.92 Å². The van der Waals surface area contributed by atoms with Gasteiger partial charge in [0.1, 0.15) is 5.78 Å². The van der Waals surface area contributed by atoms with E-state index in [0.29, 0.717) is 0 Å². The molecule has 0 fully saturated rings. The third-order valence-electron chi connectivity index (χ3n) is 6.15. The molecule has 158 valence electrons. The molecule has 0 aliphatic rings. The van der Waals surface area contributed by atoms with Crippen molar-refractivity contribution >= 4 is 16.6 Å². The highest BCUT2D eigenvalue weighted by Crippen LogP contribution is 2.21. The van der Waals surface area contributed by atoms with Crippen LogP contribution in [0.3, 0.4) is 0 Å². The molecule has 0 saturated heterocycles. The molecule has 1 nitrogen and oxygen atoms in total. The van der Waals surface area contributed by atoms with E-state index in [-0.39, 0.29) is 11.7 Å². The van der Waals surface area contributed by atoms with Crippen LogP contribution in [0.2, 0.25) is 0 Å². The van der Waals surface area contributed by atoms with Crippen LogP contribution in [0.25, 0.3) is 10.8 Å². The van der Waals surface area contributed by atoms with Gasteiger partial charge < -0.3 is 0 Å². The van der Waals surface area contributed by atoms with Crippen molar-refractivity contribution in [1.82, 2.24) is 0 Å². The fraction of sp³-hybridized carbons (Fsp3) is 0.536. The number of hydrogen-bond donors (Lipinski definition) is 0. The van der Waals surface area contributed by atoms with Crippen LogP contribution >= 0.6 is 0 Å². The van der Waals surface area contributed by atoms with E-state index in [1.165, 1.54) is 87.0 Å². The van der Waals surface area contributed by atoms with Crippen LogP contribution in [0.15, 0.2) is 55.1 Å². The van der Waals surface area contributed by atoms with Gasteiger partial charge in [0, 0.05) is 5.92 Å². The lowest BCUT2D eigenvalue weighted by atomic mass is 9.97. The zero-order valence-corrected chi connectivity index (χ0v) is 18.5. The van der Waals surface area contributed by atoms with Crippen molar-refractivity contribution in [2.24, 2.45) is 5.92 Å². The molecule has 0 aliphatic heterocycles. The number of aryl methyl sites for hydroxylation is 1. The van der Waals surface area contributed by atoms with Gasteiger partial charge in [-0.25, -0.2) is 0 Å². The molecule has 29 heavy (non-hydrogen) atoms. The van der Waals surface area contributed by atoms with Crippen LogP contribution in [-0.4, -0.2) is 5.78 Å². The van der Waals surface area contributed by atoms with Gasteiger partial charge in [0.2, 0.25) is 0 Å². The molecule has 2 rings (SSSR count). The molecule has 0 saturated carbocycles. The summed E-state index contributed by atoms with van der Waals surface area (Å²) < 4.78 is 0. The lowest BCUT2D eigenvalue weighted by Gasteiger charge is -2.08. The second-order valence-electron chi connectivity index (χ2n) is 8.52. The van der Waals surface area contributed by atoms with Gasteiger partial charge >= 0.3 is 0 Å². The smallest absolute Gasteiger partial charge is 0.136 e. The lowest BCUT2D eigenvalue weighted by Crippen LogP contribution is -2.07. The summed E-state index contributed by atoms with van der Waals surface area (Å²) in [5.74, 6) is 0.340. The molecule has 0 aromatic heterocycles. The summed E-state index contributed by atoms with van der Waals surface area (Å²) >= 11 is 0. The Balaban J connectivity index is 1.42. The van der Waals surface area contributed by atoms with E-state index in [1.807, 2.05) is 6.08 Å². The number of unbranched alkanes of at least 4 members (excludes halogenated alkanes) is 10. The van der Waals surface area contributed by atoms with Gasteiger partial charge in [-0.3, -0.25) is 4.79 Å². The van der Waals surface area contributed by atoms with Crippen molar-refractivity contribution in [3.05, 3.63) is 60.7 Å². The largest absolute Gasteiger partial charge is 0.299 e. The first-order chi connectivity index (χ1) is 14.2. The Kier molecular flexibility index (Phi) is 11.4. The number of fused-ring (bicyclic) bond motifs is 1. The molecule has 1 unspecified atom stereocenters. The predicted octanol–water partition coefficient (Wildman–Crippen LogP) is 8.45. The summed E-state index contributed by atoms with van der Waals surface area (Å²) in [4.78, 5) is 11.4. The Morgan fingerprint density at radius 3 is 1.97 bits per heavy atom. The zero-order chi connectivity index (χ0) is 20.7. The average Bonchev–Trinajstić information content (AvgIpc) is 2.74. The third-order valence-corrected chi connectivity index (χ3v) is 6.15. The number of benzene rings is 2. The molecule has 2 aromatic carbocycles. The number of allylic oxidation sites excluding steroid dienone is 1. The van der Waals surface area contributed by atoms with Gasteiger partial charge in [-0.1, -0.05) is 113 Å². The summed E-state index contributed by atoms with van der Waals surface area (Å²) in [5, 5.41) is 2.79. The summed E-state index contributed by atoms with van der Waals surface area (Å²) in [7, 11) is 0. The summed E-state index contributed by atoms with van der Waals surface area (Å²) in [5.41, 5.74) is 1.51. The standard InChI is InChI=1S/C28H40O/c1-3-25(24(2)29)18-13-11-9-7-5-4-6-8-10-12-14-19-26-21-17-22-27-20-15-16-23-28(26)27/h3,15-17,20-23,25H,1,4-14,18-19H2,2H3. The molecule has 0 spiro atoms. The SMILES string of the molecule is C=CC(CCCCCCCCCCCCCc1cccc2ccccc12)C(C)=O. The quantitative estimate of drug-likeness (QED) is 0.207. The highest BCUT2D eigenvalue weighted by Gasteiger charge is 2.08. The van der Waals surface area contributed by atoms with E-state index >= 15 is 0 Å². The fourth-order valence-electron chi connectivity index (χ4n) is 4.27. The first kappa shape index (κ1) is 23.4. The molecule has 0 radical (unpaired) electrons. The number of ketones is 1. The minimum atomic E-state index is 0.0793. The highest BCUT2D eigenvalue weighted by molar-refractivity contribution is 5.85. The van der Waals surface area contributed by atoms with Crippen molar-refractivity contribution in [3.8, 4) is 0 Å². The van der Waals surface area contributed by atoms with Gasteiger partial charge in [0.25, 0.3) is 0 Å². The van der Waals surface area contributed by atoms with E-state index in [9.17, 15) is 4.79 Å². The monoisotopic (exact) mass is 392 g/mol. The minimum absolute atomic E-state index is 0.0793. The van der Waals surface area contributed by atoms with Crippen LogP contribution in [-0.2, 0) is 11.2 Å². The second-order valence-corrected chi connectivity index (χ2v) is 8.52. The number of carbonyl (C=O) groups is 1. The Morgan fingerprint density at radius 1 is 0.793 bits per heavy atom. The van der Waals surface area contributed by atoms with Crippen LogP contribution < -0.4 is 0 Å². The van der Waals surface area contributed by atoms with Gasteiger partial charge in [0.15, 0.2) is 0 Å². The third kappa shape index (κ3) is 8.98. The van der Waals surface area contributed by atoms with Gasteiger partial charge in [-0.2, -0.15) is 0 Å². The maximum Gasteiger partial charge on any atom is 0.136 e. The average molecular weight is 393 g/mol. The summed E-state index contributed by atoms with van der Waals surface area (Å²) in [6.45, 7) is 5.44. The molecule has 2 aromatic rings. The minimum Gasteiger partial charge on any atom is -0.299 e. The second kappa shape index (κ2) is 14.1. The zero-order valence-electron chi connectivity index (χ0n) is 18.5. The van der Waals surface area contributed by atoms with E-state index in [4.69, 9.17) is 0 Å². The van der Waals surface area contributed by atoms with Crippen LogP contribution in [0.4, 0.5) is 0 Å². The van der Waals surface area contributed by atoms with Crippen molar-refractivity contribution < 1.29 is 4.79 Å². The van der Waals surface area contributed by atoms with Crippen LogP contribution in [0.1, 0.15) is 89.5 Å². The summed E-state index contributed by atoms with van der Waals surface area (Å²) in [6.07, 6.45) is 18.6. The number of rotatable bonds is 16. The number of hydrogen-bond acceptors (Lipinski definition) is 1. The molecule has 0 amide bonds. The van der Waals surface area contributed by atoms with Gasteiger partial charge in [0.05, 0.1) is 0 Å².